The minimum Gasteiger partial charge on any atom is -0.494 e. The quantitative estimate of drug-likeness (QED) is 0.124. The summed E-state index contributed by atoms with van der Waals surface area (Å²) in [4.78, 5) is 18.3. The van der Waals surface area contributed by atoms with E-state index in [4.69, 9.17) is 20.7 Å². The molecular weight excluding hydrogens is 434 g/mol. The van der Waals surface area contributed by atoms with Gasteiger partial charge in [-0.2, -0.15) is 0 Å². The van der Waals surface area contributed by atoms with Gasteiger partial charge in [-0.25, -0.2) is 4.98 Å². The van der Waals surface area contributed by atoms with E-state index in [1.807, 2.05) is 31.2 Å². The normalized spacial score (nSPS) is 11.7. The lowest BCUT2D eigenvalue weighted by molar-refractivity contribution is -0.118. The van der Waals surface area contributed by atoms with Crippen LogP contribution >= 0.6 is 11.3 Å². The lowest BCUT2D eigenvalue weighted by Crippen LogP contribution is -2.13. The van der Waals surface area contributed by atoms with Gasteiger partial charge in [-0.3, -0.25) is 4.79 Å². The second-order valence-corrected chi connectivity index (χ2v) is 9.56. The highest BCUT2D eigenvalue weighted by atomic mass is 32.1. The number of benzene rings is 2. The average Bonchev–Trinajstić information content (AvgIpc) is 3.21. The number of nitrogens with two attached hydrogens (primary N) is 1. The molecule has 174 valence electrons. The molecule has 7 heteroatoms. The van der Waals surface area contributed by atoms with Crippen molar-refractivity contribution in [3.63, 3.8) is 0 Å². The van der Waals surface area contributed by atoms with E-state index in [0.29, 0.717) is 30.9 Å². The van der Waals surface area contributed by atoms with Gasteiger partial charge >= 0.3 is 0 Å². The Kier molecular flexibility index (Phi) is 8.60. The third-order valence-corrected chi connectivity index (χ3v) is 6.56. The number of ketones is 1. The SMILES string of the molecule is Cc1nc(-c2ccc(OCCCCC(=O)Cc3ccc(/C(N)=N/O)cc3)cc2)c(C(C)C)s1. The van der Waals surface area contributed by atoms with Gasteiger partial charge in [0.1, 0.15) is 11.5 Å². The van der Waals surface area contributed by atoms with Gasteiger partial charge in [0, 0.05) is 28.8 Å². The molecule has 1 heterocycles. The molecule has 0 aliphatic heterocycles. The maximum atomic E-state index is 12.2. The maximum absolute atomic E-state index is 12.2. The summed E-state index contributed by atoms with van der Waals surface area (Å²) in [6, 6.07) is 15.2. The highest BCUT2D eigenvalue weighted by Gasteiger charge is 2.14. The van der Waals surface area contributed by atoms with E-state index in [1.165, 1.54) is 4.88 Å². The zero-order valence-electron chi connectivity index (χ0n) is 19.4. The standard InChI is InChI=1S/C26H31N3O3S/c1-17(2)25-24(28-18(3)33-25)20-11-13-23(14-12-20)32-15-5-4-6-22(30)16-19-7-9-21(10-8-19)26(27)29-31/h7-14,17,31H,4-6,15-16H2,1-3H3,(H2,27,29). The van der Waals surface area contributed by atoms with Gasteiger partial charge in [0.2, 0.25) is 0 Å². The molecule has 3 N–H and O–H groups in total. The fraction of sp³-hybridized carbons (Fsp3) is 0.346. The van der Waals surface area contributed by atoms with Crippen LogP contribution in [0.2, 0.25) is 0 Å². The third kappa shape index (κ3) is 6.89. The number of Topliss-reactive ketones (excluding diaryl/α,β-unsaturated/α-hetero) is 1. The number of hydrogen-bond acceptors (Lipinski definition) is 6. The molecule has 6 nitrogen and oxygen atoms in total. The number of amidine groups is 1. The molecule has 3 rings (SSSR count). The summed E-state index contributed by atoms with van der Waals surface area (Å²) in [5.74, 6) is 1.52. The molecule has 0 bridgehead atoms. The van der Waals surface area contributed by atoms with Crippen LogP contribution in [0.3, 0.4) is 0 Å². The Morgan fingerprint density at radius 2 is 1.82 bits per heavy atom. The first-order chi connectivity index (χ1) is 15.9. The summed E-state index contributed by atoms with van der Waals surface area (Å²) >= 11 is 1.76. The smallest absolute Gasteiger partial charge is 0.170 e. The Balaban J connectivity index is 1.40. The molecule has 0 radical (unpaired) electrons. The Hall–Kier alpha value is -3.19. The van der Waals surface area contributed by atoms with E-state index >= 15 is 0 Å². The van der Waals surface area contributed by atoms with Crippen LogP contribution in [0.25, 0.3) is 11.3 Å². The second-order valence-electron chi connectivity index (χ2n) is 8.33. The van der Waals surface area contributed by atoms with Crippen molar-refractivity contribution in [2.24, 2.45) is 10.9 Å². The van der Waals surface area contributed by atoms with E-state index in [1.54, 1.807) is 23.5 Å². The summed E-state index contributed by atoms with van der Waals surface area (Å²) in [6.45, 7) is 7.01. The van der Waals surface area contributed by atoms with Gasteiger partial charge in [0.15, 0.2) is 5.84 Å². The minimum absolute atomic E-state index is 0.0565. The van der Waals surface area contributed by atoms with Gasteiger partial charge in [0.05, 0.1) is 17.3 Å². The number of aromatic nitrogens is 1. The topological polar surface area (TPSA) is 97.8 Å². The summed E-state index contributed by atoms with van der Waals surface area (Å²) in [5, 5.41) is 12.8. The molecule has 0 spiro atoms. The molecule has 0 amide bonds. The number of carbonyl (C=O) groups excluding carboxylic acids is 1. The van der Waals surface area contributed by atoms with Crippen molar-refractivity contribution in [1.82, 2.24) is 4.98 Å². The summed E-state index contributed by atoms with van der Waals surface area (Å²) in [7, 11) is 0. The Bertz CT molecular complexity index is 1090. The number of aryl methyl sites for hydroxylation is 1. The van der Waals surface area contributed by atoms with Crippen molar-refractivity contribution >= 4 is 23.0 Å². The number of ether oxygens (including phenoxy) is 1. The lowest BCUT2D eigenvalue weighted by atomic mass is 10.0. The van der Waals surface area contributed by atoms with Crippen molar-refractivity contribution < 1.29 is 14.7 Å². The Labute approximate surface area is 199 Å². The van der Waals surface area contributed by atoms with E-state index in [0.717, 1.165) is 40.4 Å². The van der Waals surface area contributed by atoms with Crippen LogP contribution in [-0.2, 0) is 11.2 Å². The molecule has 33 heavy (non-hydrogen) atoms. The first kappa shape index (κ1) is 24.5. The lowest BCUT2D eigenvalue weighted by Gasteiger charge is -2.08. The van der Waals surface area contributed by atoms with Crippen molar-refractivity contribution in [2.75, 3.05) is 6.61 Å². The predicted molar refractivity (Wildman–Crippen MR) is 133 cm³/mol. The van der Waals surface area contributed by atoms with E-state index in [2.05, 4.69) is 31.1 Å². The number of carbonyl (C=O) groups is 1. The van der Waals surface area contributed by atoms with Crippen molar-refractivity contribution in [1.29, 1.82) is 0 Å². The molecule has 0 unspecified atom stereocenters. The van der Waals surface area contributed by atoms with Crippen LogP contribution in [0, 0.1) is 6.92 Å². The fourth-order valence-corrected chi connectivity index (χ4v) is 4.48. The molecule has 1 aromatic heterocycles. The summed E-state index contributed by atoms with van der Waals surface area (Å²) < 4.78 is 5.85. The molecule has 0 aliphatic carbocycles. The fourth-order valence-electron chi connectivity index (χ4n) is 3.53. The zero-order chi connectivity index (χ0) is 23.8. The number of hydrogen-bond donors (Lipinski definition) is 2. The van der Waals surface area contributed by atoms with Gasteiger partial charge in [-0.15, -0.1) is 11.3 Å². The largest absolute Gasteiger partial charge is 0.494 e. The maximum Gasteiger partial charge on any atom is 0.170 e. The van der Waals surface area contributed by atoms with Crippen LogP contribution in [-0.4, -0.2) is 28.4 Å². The average molecular weight is 466 g/mol. The first-order valence-corrected chi connectivity index (χ1v) is 12.0. The van der Waals surface area contributed by atoms with E-state index in [9.17, 15) is 4.79 Å². The van der Waals surface area contributed by atoms with Gasteiger partial charge in [0.25, 0.3) is 0 Å². The number of rotatable bonds is 11. The van der Waals surface area contributed by atoms with Crippen LogP contribution in [0.1, 0.15) is 60.0 Å². The summed E-state index contributed by atoms with van der Waals surface area (Å²) in [5.41, 5.74) is 9.27. The van der Waals surface area contributed by atoms with Gasteiger partial charge in [-0.1, -0.05) is 43.3 Å². The number of oxime groups is 1. The summed E-state index contributed by atoms with van der Waals surface area (Å²) in [6.07, 6.45) is 2.51. The van der Waals surface area contributed by atoms with Gasteiger partial charge in [-0.05, 0) is 55.5 Å². The molecule has 0 aliphatic rings. The molecule has 0 fully saturated rings. The van der Waals surface area contributed by atoms with E-state index in [-0.39, 0.29) is 11.6 Å². The number of nitrogens with zero attached hydrogens (tertiary/aromatic N) is 2. The third-order valence-electron chi connectivity index (χ3n) is 5.29. The predicted octanol–water partition coefficient (Wildman–Crippen LogP) is 5.70. The number of unbranched alkanes of at least 4 members (excludes halogenated alkanes) is 1. The first-order valence-electron chi connectivity index (χ1n) is 11.2. The monoisotopic (exact) mass is 465 g/mol. The second kappa shape index (κ2) is 11.6. The van der Waals surface area contributed by atoms with Crippen molar-refractivity contribution in [3.8, 4) is 17.0 Å². The van der Waals surface area contributed by atoms with E-state index < -0.39 is 0 Å². The molecule has 3 aromatic rings. The van der Waals surface area contributed by atoms with Gasteiger partial charge < -0.3 is 15.7 Å². The minimum atomic E-state index is 0.0565. The van der Waals surface area contributed by atoms with Crippen LogP contribution in [0.5, 0.6) is 5.75 Å². The molecule has 0 saturated carbocycles. The Morgan fingerprint density at radius 1 is 1.12 bits per heavy atom. The number of thiazole rings is 1. The molecular formula is C26H31N3O3S. The van der Waals surface area contributed by atoms with Crippen LogP contribution in [0.4, 0.5) is 0 Å². The van der Waals surface area contributed by atoms with Crippen LogP contribution in [0.15, 0.2) is 53.7 Å². The van der Waals surface area contributed by atoms with Crippen molar-refractivity contribution in [3.05, 3.63) is 69.5 Å². The van der Waals surface area contributed by atoms with Crippen molar-refractivity contribution in [2.45, 2.75) is 52.4 Å². The highest BCUT2D eigenvalue weighted by molar-refractivity contribution is 7.12. The molecule has 0 atom stereocenters. The molecule has 0 saturated heterocycles. The zero-order valence-corrected chi connectivity index (χ0v) is 20.2. The van der Waals surface area contributed by atoms with Crippen LogP contribution < -0.4 is 10.5 Å². The molecule has 2 aromatic carbocycles. The Morgan fingerprint density at radius 3 is 2.45 bits per heavy atom. The highest BCUT2D eigenvalue weighted by Crippen LogP contribution is 2.34.